The van der Waals surface area contributed by atoms with Crippen LogP contribution in [0.1, 0.15) is 0 Å². The van der Waals surface area contributed by atoms with Crippen molar-refractivity contribution in [1.29, 1.82) is 0 Å². The lowest BCUT2D eigenvalue weighted by Gasteiger charge is -1.99. The Kier molecular flexibility index (Phi) is 3.01. The van der Waals surface area contributed by atoms with Crippen molar-refractivity contribution in [3.8, 4) is 23.0 Å². The van der Waals surface area contributed by atoms with Gasteiger partial charge >= 0.3 is 0 Å². The van der Waals surface area contributed by atoms with E-state index in [4.69, 9.17) is 10.2 Å². The van der Waals surface area contributed by atoms with E-state index < -0.39 is 0 Å². The second-order valence-electron chi connectivity index (χ2n) is 3.55. The Morgan fingerprint density at radius 1 is 0.556 bits per heavy atom. The van der Waals surface area contributed by atoms with E-state index in [-0.39, 0.29) is 23.0 Å². The van der Waals surface area contributed by atoms with E-state index in [2.05, 4.69) is 10.2 Å². The smallest absolute Gasteiger partial charge is 0.159 e. The Morgan fingerprint density at radius 2 is 0.944 bits per heavy atom. The molecule has 2 aromatic carbocycles. The van der Waals surface area contributed by atoms with Crippen molar-refractivity contribution in [3.05, 3.63) is 36.4 Å². The summed E-state index contributed by atoms with van der Waals surface area (Å²) in [6.07, 6.45) is 0. The molecule has 0 radical (unpaired) electrons. The van der Waals surface area contributed by atoms with Crippen LogP contribution in [0.25, 0.3) is 0 Å². The van der Waals surface area contributed by atoms with Gasteiger partial charge in [-0.2, -0.15) is 10.2 Å². The van der Waals surface area contributed by atoms with Gasteiger partial charge in [-0.05, 0) is 24.3 Å². The molecule has 0 aliphatic heterocycles. The maximum absolute atomic E-state index is 9.25. The van der Waals surface area contributed by atoms with Crippen LogP contribution in [0, 0.1) is 0 Å². The van der Waals surface area contributed by atoms with Gasteiger partial charge in [-0.15, -0.1) is 0 Å². The van der Waals surface area contributed by atoms with Gasteiger partial charge in [0.1, 0.15) is 0 Å². The molecule has 2 aromatic rings. The van der Waals surface area contributed by atoms with E-state index in [0.717, 1.165) is 0 Å². The lowest BCUT2D eigenvalue weighted by atomic mass is 10.3. The van der Waals surface area contributed by atoms with Gasteiger partial charge in [0.2, 0.25) is 0 Å². The van der Waals surface area contributed by atoms with Gasteiger partial charge in [0, 0.05) is 12.1 Å². The van der Waals surface area contributed by atoms with Gasteiger partial charge in [0.25, 0.3) is 0 Å². The number of aromatic hydroxyl groups is 4. The molecule has 2 rings (SSSR count). The molecule has 0 aliphatic rings. The van der Waals surface area contributed by atoms with Crippen molar-refractivity contribution >= 4 is 11.4 Å². The lowest BCUT2D eigenvalue weighted by Crippen LogP contribution is -1.70. The van der Waals surface area contributed by atoms with Crippen LogP contribution >= 0.6 is 0 Å². The van der Waals surface area contributed by atoms with Gasteiger partial charge in [-0.3, -0.25) is 0 Å². The first-order valence-corrected chi connectivity index (χ1v) is 5.02. The molecular weight excluding hydrogens is 236 g/mol. The monoisotopic (exact) mass is 246 g/mol. The number of rotatable bonds is 2. The van der Waals surface area contributed by atoms with Gasteiger partial charge in [-0.1, -0.05) is 0 Å². The van der Waals surface area contributed by atoms with Crippen molar-refractivity contribution in [1.82, 2.24) is 0 Å². The van der Waals surface area contributed by atoms with Crippen LogP contribution in [0.4, 0.5) is 11.4 Å². The third-order valence-electron chi connectivity index (χ3n) is 2.20. The number of phenols is 4. The summed E-state index contributed by atoms with van der Waals surface area (Å²) in [4.78, 5) is 0. The summed E-state index contributed by atoms with van der Waals surface area (Å²) in [5.74, 6) is -1.06. The molecule has 0 atom stereocenters. The van der Waals surface area contributed by atoms with E-state index >= 15 is 0 Å². The quantitative estimate of drug-likeness (QED) is 0.482. The van der Waals surface area contributed by atoms with E-state index in [0.29, 0.717) is 11.4 Å². The number of benzene rings is 2. The number of phenolic OH excluding ortho intramolecular Hbond substituents is 4. The molecule has 0 amide bonds. The highest BCUT2D eigenvalue weighted by atomic mass is 16.3. The van der Waals surface area contributed by atoms with E-state index in [1.165, 1.54) is 36.4 Å². The predicted octanol–water partition coefficient (Wildman–Crippen LogP) is 2.92. The number of hydrogen-bond donors (Lipinski definition) is 4. The van der Waals surface area contributed by atoms with Crippen LogP contribution in [0.5, 0.6) is 23.0 Å². The Hall–Kier alpha value is -2.76. The zero-order valence-electron chi connectivity index (χ0n) is 9.15. The molecular formula is C12H10N2O4. The molecule has 6 heteroatoms. The maximum Gasteiger partial charge on any atom is 0.159 e. The SMILES string of the molecule is Oc1ccc(N=Nc2ccc(O)c(O)c2)cc1O. The topological polar surface area (TPSA) is 106 Å². The summed E-state index contributed by atoms with van der Waals surface area (Å²) in [5.41, 5.74) is 0.690. The molecule has 0 bridgehead atoms. The van der Waals surface area contributed by atoms with Crippen LogP contribution in [0.15, 0.2) is 46.6 Å². The Balaban J connectivity index is 2.24. The number of nitrogens with zero attached hydrogens (tertiary/aromatic N) is 2. The molecule has 4 N–H and O–H groups in total. The fourth-order valence-corrected chi connectivity index (χ4v) is 1.26. The van der Waals surface area contributed by atoms with Gasteiger partial charge in [-0.25, -0.2) is 0 Å². The minimum absolute atomic E-state index is 0.240. The first kappa shape index (κ1) is 11.7. The average molecular weight is 246 g/mol. The van der Waals surface area contributed by atoms with Crippen molar-refractivity contribution in [2.75, 3.05) is 0 Å². The fourth-order valence-electron chi connectivity index (χ4n) is 1.26. The largest absolute Gasteiger partial charge is 0.504 e. The minimum Gasteiger partial charge on any atom is -0.504 e. The van der Waals surface area contributed by atoms with Gasteiger partial charge < -0.3 is 20.4 Å². The third-order valence-corrected chi connectivity index (χ3v) is 2.20. The summed E-state index contributed by atoms with van der Waals surface area (Å²) in [5, 5.41) is 44.4. The molecule has 0 fully saturated rings. The Labute approximate surface area is 102 Å². The molecule has 18 heavy (non-hydrogen) atoms. The molecule has 0 saturated heterocycles. The summed E-state index contributed by atoms with van der Waals surface area (Å²) in [6, 6.07) is 8.02. The summed E-state index contributed by atoms with van der Waals surface area (Å²) >= 11 is 0. The van der Waals surface area contributed by atoms with E-state index in [1.54, 1.807) is 0 Å². The van der Waals surface area contributed by atoms with Gasteiger partial charge in [0.05, 0.1) is 11.4 Å². The second-order valence-corrected chi connectivity index (χ2v) is 3.55. The first-order chi connectivity index (χ1) is 8.56. The Bertz CT molecular complexity index is 558. The van der Waals surface area contributed by atoms with Crippen LogP contribution in [-0.2, 0) is 0 Å². The zero-order chi connectivity index (χ0) is 13.1. The molecule has 6 nitrogen and oxygen atoms in total. The summed E-state index contributed by atoms with van der Waals surface area (Å²) < 4.78 is 0. The number of azo groups is 1. The van der Waals surface area contributed by atoms with Crippen molar-refractivity contribution in [2.45, 2.75) is 0 Å². The van der Waals surface area contributed by atoms with Crippen molar-refractivity contribution in [2.24, 2.45) is 10.2 Å². The van der Waals surface area contributed by atoms with E-state index in [9.17, 15) is 10.2 Å². The maximum atomic E-state index is 9.25. The highest BCUT2D eigenvalue weighted by Crippen LogP contribution is 2.32. The number of hydrogen-bond acceptors (Lipinski definition) is 6. The second kappa shape index (κ2) is 4.62. The highest BCUT2D eigenvalue weighted by Gasteiger charge is 2.01. The molecule has 0 saturated carbocycles. The standard InChI is InChI=1S/C12H10N2O4/c15-9-3-1-7(5-11(9)17)13-14-8-2-4-10(16)12(18)6-8/h1-6,15-18H. The molecule has 0 aromatic heterocycles. The first-order valence-electron chi connectivity index (χ1n) is 5.02. The third kappa shape index (κ3) is 2.49. The highest BCUT2D eigenvalue weighted by molar-refractivity contribution is 5.52. The molecule has 0 aliphatic carbocycles. The van der Waals surface area contributed by atoms with E-state index in [1.807, 2.05) is 0 Å². The minimum atomic E-state index is -0.292. The summed E-state index contributed by atoms with van der Waals surface area (Å²) in [6.45, 7) is 0. The molecule has 0 heterocycles. The molecule has 92 valence electrons. The van der Waals surface area contributed by atoms with Crippen LogP contribution in [-0.4, -0.2) is 20.4 Å². The normalized spacial score (nSPS) is 10.9. The molecule has 0 unspecified atom stereocenters. The van der Waals surface area contributed by atoms with Crippen LogP contribution in [0.2, 0.25) is 0 Å². The van der Waals surface area contributed by atoms with Crippen LogP contribution in [0.3, 0.4) is 0 Å². The van der Waals surface area contributed by atoms with Crippen molar-refractivity contribution < 1.29 is 20.4 Å². The summed E-state index contributed by atoms with van der Waals surface area (Å²) in [7, 11) is 0. The average Bonchev–Trinajstić information content (AvgIpc) is 2.35. The van der Waals surface area contributed by atoms with Gasteiger partial charge in [0.15, 0.2) is 23.0 Å². The Morgan fingerprint density at radius 3 is 1.28 bits per heavy atom. The fraction of sp³-hybridized carbons (Fsp3) is 0. The lowest BCUT2D eigenvalue weighted by molar-refractivity contribution is 0.404. The van der Waals surface area contributed by atoms with Crippen LogP contribution < -0.4 is 0 Å². The predicted molar refractivity (Wildman–Crippen MR) is 63.7 cm³/mol. The zero-order valence-corrected chi connectivity index (χ0v) is 9.15. The molecule has 0 spiro atoms. The van der Waals surface area contributed by atoms with Crippen molar-refractivity contribution in [3.63, 3.8) is 0 Å².